The highest BCUT2D eigenvalue weighted by Crippen LogP contribution is 2.29. The minimum atomic E-state index is 0.169. The molecule has 0 bridgehead atoms. The lowest BCUT2D eigenvalue weighted by Crippen LogP contribution is -2.16. The third-order valence-corrected chi connectivity index (χ3v) is 2.31. The first kappa shape index (κ1) is 7.58. The zero-order chi connectivity index (χ0) is 7.40. The molecule has 2 nitrogen and oxygen atoms in total. The second-order valence-corrected chi connectivity index (χ2v) is 2.84. The molecule has 57 valence electrons. The van der Waals surface area contributed by atoms with Crippen LogP contribution in [-0.4, -0.2) is 12.6 Å². The zero-order valence-electron chi connectivity index (χ0n) is 6.30. The number of rotatable bonds is 3. The smallest absolute Gasteiger partial charge is 0.417 e. The van der Waals surface area contributed by atoms with Gasteiger partial charge in [0.2, 0.25) is 0 Å². The highest BCUT2D eigenvalue weighted by Gasteiger charge is 2.26. The normalized spacial score (nSPS) is 32.1. The van der Waals surface area contributed by atoms with Gasteiger partial charge in [-0.1, -0.05) is 6.92 Å². The summed E-state index contributed by atoms with van der Waals surface area (Å²) in [5, 5.41) is 0. The Kier molecular flexibility index (Phi) is 2.72. The maximum atomic E-state index is 9.88. The molecule has 2 heteroatoms. The summed E-state index contributed by atoms with van der Waals surface area (Å²) in [5.41, 5.74) is 0. The number of ether oxygens (including phenoxy) is 1. The molecular weight excluding hydrogens is 128 g/mol. The highest BCUT2D eigenvalue weighted by atomic mass is 16.5. The maximum Gasteiger partial charge on any atom is 0.417 e. The van der Waals surface area contributed by atoms with Crippen LogP contribution in [0.4, 0.5) is 0 Å². The van der Waals surface area contributed by atoms with E-state index in [4.69, 9.17) is 4.74 Å². The van der Waals surface area contributed by atoms with Crippen LogP contribution < -0.4 is 0 Å². The molecule has 0 spiro atoms. The number of hydrogen-bond acceptors (Lipinski definition) is 2. The third kappa shape index (κ3) is 1.49. The minimum Gasteiger partial charge on any atom is -0.454 e. The average Bonchev–Trinajstić information content (AvgIpc) is 2.36. The first-order chi connectivity index (χ1) is 4.88. The van der Waals surface area contributed by atoms with E-state index in [-0.39, 0.29) is 6.10 Å². The van der Waals surface area contributed by atoms with E-state index in [9.17, 15) is 4.79 Å². The summed E-state index contributed by atoms with van der Waals surface area (Å²) in [6, 6.07) is 0. The molecular formula is C8H13O2. The van der Waals surface area contributed by atoms with Gasteiger partial charge in [0.05, 0.1) is 0 Å². The first-order valence-corrected chi connectivity index (χ1v) is 3.91. The standard InChI is InChI=1S/C8H13O2/c1-2-7-4-3-5-8(7)10-6-9/h7-8H,2-5H2,1H3. The van der Waals surface area contributed by atoms with Crippen LogP contribution >= 0.6 is 0 Å². The highest BCUT2D eigenvalue weighted by molar-refractivity contribution is 5.38. The fraction of sp³-hybridized carbons (Fsp3) is 0.875. The van der Waals surface area contributed by atoms with Crippen molar-refractivity contribution in [1.29, 1.82) is 0 Å². The summed E-state index contributed by atoms with van der Waals surface area (Å²) in [5.74, 6) is 0.599. The molecule has 0 aromatic heterocycles. The van der Waals surface area contributed by atoms with Gasteiger partial charge < -0.3 is 4.74 Å². The van der Waals surface area contributed by atoms with Gasteiger partial charge in [-0.3, -0.25) is 0 Å². The lowest BCUT2D eigenvalue weighted by molar-refractivity contribution is 0.135. The fourth-order valence-corrected chi connectivity index (χ4v) is 1.69. The van der Waals surface area contributed by atoms with Gasteiger partial charge >= 0.3 is 6.47 Å². The van der Waals surface area contributed by atoms with E-state index in [2.05, 4.69) is 6.92 Å². The Labute approximate surface area is 61.6 Å². The van der Waals surface area contributed by atoms with Gasteiger partial charge in [-0.15, -0.1) is 0 Å². The Bertz CT molecular complexity index is 112. The topological polar surface area (TPSA) is 26.3 Å². The predicted octanol–water partition coefficient (Wildman–Crippen LogP) is 1.65. The molecule has 0 amide bonds. The summed E-state index contributed by atoms with van der Waals surface area (Å²) in [6.07, 6.45) is 4.73. The van der Waals surface area contributed by atoms with E-state index in [0.29, 0.717) is 5.92 Å². The van der Waals surface area contributed by atoms with Crippen molar-refractivity contribution < 1.29 is 9.53 Å². The van der Waals surface area contributed by atoms with Crippen molar-refractivity contribution in [1.82, 2.24) is 0 Å². The summed E-state index contributed by atoms with van der Waals surface area (Å²) in [7, 11) is 0. The van der Waals surface area contributed by atoms with Gasteiger partial charge in [-0.05, 0) is 31.6 Å². The fourth-order valence-electron chi connectivity index (χ4n) is 1.69. The van der Waals surface area contributed by atoms with Gasteiger partial charge in [-0.2, -0.15) is 0 Å². The molecule has 0 saturated heterocycles. The van der Waals surface area contributed by atoms with E-state index >= 15 is 0 Å². The van der Waals surface area contributed by atoms with Crippen LogP contribution in [0.5, 0.6) is 0 Å². The Morgan fingerprint density at radius 1 is 1.60 bits per heavy atom. The average molecular weight is 141 g/mol. The molecule has 1 radical (unpaired) electrons. The lowest BCUT2D eigenvalue weighted by atomic mass is 10.0. The summed E-state index contributed by atoms with van der Waals surface area (Å²) >= 11 is 0. The van der Waals surface area contributed by atoms with E-state index < -0.39 is 0 Å². The van der Waals surface area contributed by atoms with Gasteiger partial charge in [0, 0.05) is 0 Å². The summed E-state index contributed by atoms with van der Waals surface area (Å²) in [4.78, 5) is 9.88. The van der Waals surface area contributed by atoms with Crippen molar-refractivity contribution in [3.8, 4) is 0 Å². The summed E-state index contributed by atoms with van der Waals surface area (Å²) < 4.78 is 4.80. The molecule has 0 aliphatic heterocycles. The number of hydrogen-bond donors (Lipinski definition) is 0. The quantitative estimate of drug-likeness (QED) is 0.597. The molecule has 1 saturated carbocycles. The molecule has 1 aliphatic rings. The number of carbonyl (C=O) groups excluding carboxylic acids is 1. The van der Waals surface area contributed by atoms with Crippen LogP contribution in [0.1, 0.15) is 32.6 Å². The van der Waals surface area contributed by atoms with Crippen molar-refractivity contribution in [2.24, 2.45) is 5.92 Å². The van der Waals surface area contributed by atoms with Crippen LogP contribution in [-0.2, 0) is 9.53 Å². The van der Waals surface area contributed by atoms with Crippen molar-refractivity contribution >= 4 is 6.47 Å². The van der Waals surface area contributed by atoms with E-state index in [1.165, 1.54) is 19.3 Å². The van der Waals surface area contributed by atoms with E-state index in [0.717, 1.165) is 12.8 Å². The molecule has 1 aliphatic carbocycles. The Morgan fingerprint density at radius 2 is 2.40 bits per heavy atom. The molecule has 0 N–H and O–H groups in total. The van der Waals surface area contributed by atoms with E-state index in [1.54, 1.807) is 0 Å². The van der Waals surface area contributed by atoms with Gasteiger partial charge in [0.15, 0.2) is 0 Å². The van der Waals surface area contributed by atoms with Gasteiger partial charge in [-0.25, -0.2) is 4.79 Å². The molecule has 1 fully saturated rings. The second-order valence-electron chi connectivity index (χ2n) is 2.84. The minimum absolute atomic E-state index is 0.169. The predicted molar refractivity (Wildman–Crippen MR) is 38.2 cm³/mol. The van der Waals surface area contributed by atoms with Crippen LogP contribution in [0.25, 0.3) is 0 Å². The van der Waals surface area contributed by atoms with Crippen molar-refractivity contribution in [2.45, 2.75) is 38.7 Å². The van der Waals surface area contributed by atoms with Crippen LogP contribution in [0.2, 0.25) is 0 Å². The lowest BCUT2D eigenvalue weighted by Gasteiger charge is -2.14. The SMILES string of the molecule is CCC1CCCC1O[C]=O. The van der Waals surface area contributed by atoms with Crippen molar-refractivity contribution in [3.63, 3.8) is 0 Å². The Hall–Kier alpha value is -0.530. The monoisotopic (exact) mass is 141 g/mol. The van der Waals surface area contributed by atoms with Crippen LogP contribution in [0.3, 0.4) is 0 Å². The van der Waals surface area contributed by atoms with Crippen molar-refractivity contribution in [3.05, 3.63) is 0 Å². The second kappa shape index (κ2) is 3.59. The Balaban J connectivity index is 2.34. The van der Waals surface area contributed by atoms with E-state index in [1.807, 2.05) is 0 Å². The third-order valence-electron chi connectivity index (χ3n) is 2.31. The molecule has 1 rings (SSSR count). The zero-order valence-corrected chi connectivity index (χ0v) is 6.30. The van der Waals surface area contributed by atoms with Gasteiger partial charge in [0.1, 0.15) is 6.10 Å². The van der Waals surface area contributed by atoms with Crippen LogP contribution in [0.15, 0.2) is 0 Å². The van der Waals surface area contributed by atoms with Gasteiger partial charge in [0.25, 0.3) is 0 Å². The van der Waals surface area contributed by atoms with Crippen molar-refractivity contribution in [2.75, 3.05) is 0 Å². The largest absolute Gasteiger partial charge is 0.454 e. The molecule has 0 aromatic rings. The molecule has 2 unspecified atom stereocenters. The molecule has 10 heavy (non-hydrogen) atoms. The summed E-state index contributed by atoms with van der Waals surface area (Å²) in [6.45, 7) is 3.66. The Morgan fingerprint density at radius 3 is 3.00 bits per heavy atom. The molecule has 0 heterocycles. The molecule has 2 atom stereocenters. The molecule has 0 aromatic carbocycles. The van der Waals surface area contributed by atoms with Crippen LogP contribution in [0, 0.1) is 5.92 Å². The first-order valence-electron chi connectivity index (χ1n) is 3.91. The maximum absolute atomic E-state index is 9.88.